The number of H-pyrrole nitrogens is 1. The average molecular weight is 439 g/mol. The van der Waals surface area contributed by atoms with E-state index in [4.69, 9.17) is 9.72 Å². The Kier molecular flexibility index (Phi) is 6.09. The lowest BCUT2D eigenvalue weighted by Crippen LogP contribution is -2.58. The quantitative estimate of drug-likeness (QED) is 0.635. The van der Waals surface area contributed by atoms with E-state index in [0.29, 0.717) is 11.3 Å². The number of carbonyl (C=O) groups excluding carboxylic acids is 2. The molecule has 9 nitrogen and oxygen atoms in total. The van der Waals surface area contributed by atoms with Gasteiger partial charge in [-0.3, -0.25) is 9.59 Å². The summed E-state index contributed by atoms with van der Waals surface area (Å²) in [6.45, 7) is 7.20. The number of hydrogen-bond donors (Lipinski definition) is 2. The summed E-state index contributed by atoms with van der Waals surface area (Å²) in [4.78, 5) is 40.5. The van der Waals surface area contributed by atoms with Crippen LogP contribution in [-0.2, 0) is 14.3 Å². The molecule has 1 fully saturated rings. The highest BCUT2D eigenvalue weighted by atomic mass is 16.5. The Morgan fingerprint density at radius 1 is 1.28 bits per heavy atom. The number of rotatable bonds is 5. The van der Waals surface area contributed by atoms with Crippen molar-refractivity contribution < 1.29 is 15.8 Å². The van der Waals surface area contributed by atoms with Crippen molar-refractivity contribution in [1.82, 2.24) is 19.9 Å². The molecule has 2 amide bonds. The second-order valence-electron chi connectivity index (χ2n) is 8.21. The van der Waals surface area contributed by atoms with E-state index in [9.17, 15) is 9.59 Å². The highest BCUT2D eigenvalue weighted by Crippen LogP contribution is 2.30. The van der Waals surface area contributed by atoms with Gasteiger partial charge in [0.15, 0.2) is 0 Å². The first-order valence-corrected chi connectivity index (χ1v) is 10.6. The fourth-order valence-electron chi connectivity index (χ4n) is 4.49. The molecule has 1 aliphatic rings. The Labute approximate surface area is 188 Å². The third kappa shape index (κ3) is 4.29. The van der Waals surface area contributed by atoms with Crippen molar-refractivity contribution in [3.8, 4) is 11.3 Å². The van der Waals surface area contributed by atoms with Crippen molar-refractivity contribution in [2.45, 2.75) is 32.9 Å². The van der Waals surface area contributed by atoms with Crippen LogP contribution in [0.5, 0.6) is 0 Å². The largest absolute Gasteiger partial charge is 0.375 e. The van der Waals surface area contributed by atoms with Gasteiger partial charge in [-0.15, -0.1) is 0 Å². The summed E-state index contributed by atoms with van der Waals surface area (Å²) in [5.74, 6) is 0.737. The van der Waals surface area contributed by atoms with Gasteiger partial charge in [-0.2, -0.15) is 0 Å². The summed E-state index contributed by atoms with van der Waals surface area (Å²) in [7, 11) is 1.48. The standard InChI is InChI=1S/C23H28N6O3.H2/c1-14-11-28(12-15(2)29(14)16(3)30)21-7-5-6-20(27-21)19-10-25-23-18(19)8-17(9-24-23)26-22(31)13-32-4;/h5-10,14-15H,11-13H2,1-4H3,(H,24,25)(H,26,31);1H/t14-,15+;. The maximum atomic E-state index is 12.0. The van der Waals surface area contributed by atoms with Crippen LogP contribution in [0.2, 0.25) is 0 Å². The molecule has 0 radical (unpaired) electrons. The van der Waals surface area contributed by atoms with Crippen LogP contribution < -0.4 is 10.2 Å². The zero-order valence-corrected chi connectivity index (χ0v) is 18.8. The second-order valence-corrected chi connectivity index (χ2v) is 8.21. The van der Waals surface area contributed by atoms with E-state index in [1.165, 1.54) is 7.11 Å². The Bertz CT molecular complexity index is 1140. The van der Waals surface area contributed by atoms with E-state index in [0.717, 1.165) is 35.6 Å². The van der Waals surface area contributed by atoms with Gasteiger partial charge >= 0.3 is 0 Å². The van der Waals surface area contributed by atoms with Gasteiger partial charge in [-0.05, 0) is 32.0 Å². The number of aromatic amines is 1. The molecule has 32 heavy (non-hydrogen) atoms. The van der Waals surface area contributed by atoms with Crippen molar-refractivity contribution in [3.05, 3.63) is 36.7 Å². The van der Waals surface area contributed by atoms with Gasteiger partial charge < -0.3 is 24.8 Å². The first-order valence-electron chi connectivity index (χ1n) is 10.6. The monoisotopic (exact) mass is 438 g/mol. The van der Waals surface area contributed by atoms with Gasteiger partial charge in [-0.25, -0.2) is 9.97 Å². The number of pyridine rings is 2. The summed E-state index contributed by atoms with van der Waals surface area (Å²) < 4.78 is 4.87. The molecule has 0 aliphatic carbocycles. The van der Waals surface area contributed by atoms with E-state index in [1.54, 1.807) is 13.1 Å². The van der Waals surface area contributed by atoms with Gasteiger partial charge in [0.1, 0.15) is 18.1 Å². The molecule has 1 saturated heterocycles. The number of nitrogens with one attached hydrogen (secondary N) is 2. The topological polar surface area (TPSA) is 103 Å². The minimum atomic E-state index is -0.237. The number of piperazine rings is 1. The van der Waals surface area contributed by atoms with Gasteiger partial charge in [0, 0.05) is 57.8 Å². The van der Waals surface area contributed by atoms with Crippen LogP contribution in [0.15, 0.2) is 36.7 Å². The maximum absolute atomic E-state index is 12.0. The Hall–Kier alpha value is -3.46. The SMILES string of the molecule is COCC(=O)Nc1cnc2[nH]cc(-c3cccc(N4C[C@@H](C)N(C(C)=O)[C@@H](C)C4)n3)c2c1.[HH]. The number of aromatic nitrogens is 3. The highest BCUT2D eigenvalue weighted by Gasteiger charge is 2.31. The summed E-state index contributed by atoms with van der Waals surface area (Å²) in [6.07, 6.45) is 3.49. The highest BCUT2D eigenvalue weighted by molar-refractivity contribution is 5.98. The van der Waals surface area contributed by atoms with Crippen molar-refractivity contribution in [3.63, 3.8) is 0 Å². The summed E-state index contributed by atoms with van der Waals surface area (Å²) >= 11 is 0. The molecule has 0 unspecified atom stereocenters. The predicted octanol–water partition coefficient (Wildman–Crippen LogP) is 2.90. The lowest BCUT2D eigenvalue weighted by Gasteiger charge is -2.44. The minimum absolute atomic E-state index is 0. The number of methoxy groups -OCH3 is 1. The molecular weight excluding hydrogens is 408 g/mol. The number of ether oxygens (including phenoxy) is 1. The van der Waals surface area contributed by atoms with E-state index in [-0.39, 0.29) is 31.9 Å². The van der Waals surface area contributed by atoms with Crippen molar-refractivity contribution in [2.24, 2.45) is 0 Å². The molecule has 0 spiro atoms. The number of hydrogen-bond acceptors (Lipinski definition) is 6. The van der Waals surface area contributed by atoms with Crippen molar-refractivity contribution in [2.75, 3.05) is 37.0 Å². The molecule has 0 aromatic carbocycles. The van der Waals surface area contributed by atoms with Crippen LogP contribution in [-0.4, -0.2) is 70.6 Å². The summed E-state index contributed by atoms with van der Waals surface area (Å²) in [5, 5.41) is 3.66. The minimum Gasteiger partial charge on any atom is -0.375 e. The average Bonchev–Trinajstić information content (AvgIpc) is 3.16. The van der Waals surface area contributed by atoms with Gasteiger partial charge in [0.2, 0.25) is 11.8 Å². The lowest BCUT2D eigenvalue weighted by molar-refractivity contribution is -0.133. The first-order chi connectivity index (χ1) is 15.4. The summed E-state index contributed by atoms with van der Waals surface area (Å²) in [6, 6.07) is 8.04. The van der Waals surface area contributed by atoms with E-state index >= 15 is 0 Å². The number of anilines is 2. The van der Waals surface area contributed by atoms with E-state index in [2.05, 4.69) is 34.0 Å². The van der Waals surface area contributed by atoms with Crippen LogP contribution in [0.4, 0.5) is 11.5 Å². The zero-order chi connectivity index (χ0) is 22.8. The third-order valence-corrected chi connectivity index (χ3v) is 5.71. The lowest BCUT2D eigenvalue weighted by atomic mass is 10.1. The number of fused-ring (bicyclic) bond motifs is 1. The fraction of sp³-hybridized carbons (Fsp3) is 0.391. The smallest absolute Gasteiger partial charge is 0.250 e. The van der Waals surface area contributed by atoms with Crippen LogP contribution in [0, 0.1) is 0 Å². The normalized spacial score (nSPS) is 18.8. The fourth-order valence-corrected chi connectivity index (χ4v) is 4.49. The first kappa shape index (κ1) is 21.8. The molecule has 2 atom stereocenters. The van der Waals surface area contributed by atoms with E-state index < -0.39 is 0 Å². The molecule has 4 rings (SSSR count). The summed E-state index contributed by atoms with van der Waals surface area (Å²) in [5.41, 5.74) is 3.03. The molecule has 4 heterocycles. The molecule has 170 valence electrons. The number of carbonyl (C=O) groups is 2. The predicted molar refractivity (Wildman–Crippen MR) is 126 cm³/mol. The van der Waals surface area contributed by atoms with Crippen LogP contribution in [0.3, 0.4) is 0 Å². The third-order valence-electron chi connectivity index (χ3n) is 5.71. The van der Waals surface area contributed by atoms with Gasteiger partial charge in [-0.1, -0.05) is 6.07 Å². The number of nitrogens with zero attached hydrogens (tertiary/aromatic N) is 4. The molecule has 2 N–H and O–H groups in total. The van der Waals surface area contributed by atoms with Gasteiger partial charge in [0.25, 0.3) is 0 Å². The second kappa shape index (κ2) is 8.96. The molecular formula is C23H30N6O3. The molecule has 0 bridgehead atoms. The molecule has 0 saturated carbocycles. The maximum Gasteiger partial charge on any atom is 0.250 e. The molecule has 1 aliphatic heterocycles. The Morgan fingerprint density at radius 2 is 2.03 bits per heavy atom. The van der Waals surface area contributed by atoms with Crippen LogP contribution in [0.1, 0.15) is 22.2 Å². The van der Waals surface area contributed by atoms with Crippen molar-refractivity contribution >= 4 is 34.4 Å². The Balaban J connectivity index is 0.00000306. The zero-order valence-electron chi connectivity index (χ0n) is 18.8. The number of amides is 2. The molecule has 9 heteroatoms. The van der Waals surface area contributed by atoms with E-state index in [1.807, 2.05) is 35.4 Å². The van der Waals surface area contributed by atoms with Crippen LogP contribution >= 0.6 is 0 Å². The van der Waals surface area contributed by atoms with Crippen LogP contribution in [0.25, 0.3) is 22.3 Å². The molecule has 3 aromatic rings. The van der Waals surface area contributed by atoms with Gasteiger partial charge in [0.05, 0.1) is 17.6 Å². The molecule has 3 aromatic heterocycles. The van der Waals surface area contributed by atoms with Crippen molar-refractivity contribution in [1.29, 1.82) is 0 Å². The Morgan fingerprint density at radius 3 is 2.72 bits per heavy atom.